The lowest BCUT2D eigenvalue weighted by Gasteiger charge is -2.42. The Balaban J connectivity index is 0.00000261. The van der Waals surface area contributed by atoms with Gasteiger partial charge in [-0.05, 0) is 30.2 Å². The lowest BCUT2D eigenvalue weighted by molar-refractivity contribution is -0.123. The molecule has 2 aliphatic rings. The number of nitrogens with two attached hydrogens (primary N) is 1. The van der Waals surface area contributed by atoms with Gasteiger partial charge in [0.25, 0.3) is 0 Å². The van der Waals surface area contributed by atoms with Gasteiger partial charge in [-0.25, -0.2) is 0 Å². The molecule has 1 saturated heterocycles. The van der Waals surface area contributed by atoms with Crippen molar-refractivity contribution in [1.29, 1.82) is 0 Å². The number of likely N-dealkylation sites (tertiary alicyclic amines) is 1. The predicted octanol–water partition coefficient (Wildman–Crippen LogP) is 3.49. The van der Waals surface area contributed by atoms with Crippen molar-refractivity contribution in [3.63, 3.8) is 0 Å². The van der Waals surface area contributed by atoms with Crippen molar-refractivity contribution in [2.75, 3.05) is 26.2 Å². The number of nitrogens with one attached hydrogen (secondary N) is 1. The maximum absolute atomic E-state index is 12.6. The van der Waals surface area contributed by atoms with Gasteiger partial charge in [-0.1, -0.05) is 63.4 Å². The fraction of sp³-hybridized carbons (Fsp3) is 0.682. The van der Waals surface area contributed by atoms with Crippen LogP contribution in [-0.2, 0) is 10.2 Å². The summed E-state index contributed by atoms with van der Waals surface area (Å²) in [7, 11) is 0. The van der Waals surface area contributed by atoms with E-state index in [1.165, 1.54) is 37.7 Å². The molecule has 152 valence electrons. The van der Waals surface area contributed by atoms with Gasteiger partial charge in [-0.3, -0.25) is 9.69 Å². The number of rotatable bonds is 5. The van der Waals surface area contributed by atoms with Crippen molar-refractivity contribution in [2.24, 2.45) is 11.1 Å². The third-order valence-corrected chi connectivity index (χ3v) is 6.58. The second kappa shape index (κ2) is 9.40. The molecule has 1 atom stereocenters. The number of piperidine rings is 1. The highest BCUT2D eigenvalue weighted by atomic mass is 35.5. The molecule has 1 heterocycles. The van der Waals surface area contributed by atoms with Gasteiger partial charge in [0.2, 0.25) is 5.91 Å². The van der Waals surface area contributed by atoms with E-state index in [-0.39, 0.29) is 35.2 Å². The first-order valence-electron chi connectivity index (χ1n) is 10.2. The Labute approximate surface area is 170 Å². The van der Waals surface area contributed by atoms with E-state index in [4.69, 9.17) is 5.73 Å². The minimum absolute atomic E-state index is 0. The van der Waals surface area contributed by atoms with Crippen LogP contribution in [0.25, 0.3) is 0 Å². The Morgan fingerprint density at radius 3 is 2.48 bits per heavy atom. The normalized spacial score (nSPS) is 24.6. The molecule has 1 saturated carbocycles. The first-order chi connectivity index (χ1) is 12.4. The summed E-state index contributed by atoms with van der Waals surface area (Å²) >= 11 is 0. The lowest BCUT2D eigenvalue weighted by atomic mass is 9.69. The van der Waals surface area contributed by atoms with Crippen LogP contribution < -0.4 is 11.1 Å². The highest BCUT2D eigenvalue weighted by Gasteiger charge is 2.36. The zero-order valence-corrected chi connectivity index (χ0v) is 17.7. The number of carbonyl (C=O) groups is 1. The van der Waals surface area contributed by atoms with Gasteiger partial charge in [0, 0.05) is 31.1 Å². The molecule has 3 N–H and O–H groups in total. The van der Waals surface area contributed by atoms with Crippen molar-refractivity contribution in [3.05, 3.63) is 35.9 Å². The van der Waals surface area contributed by atoms with Crippen LogP contribution in [0.4, 0.5) is 0 Å². The molecule has 27 heavy (non-hydrogen) atoms. The molecule has 3 rings (SSSR count). The molecular formula is C22H36ClN3O. The Morgan fingerprint density at radius 1 is 1.19 bits per heavy atom. The number of nitrogens with zero attached hydrogens (tertiary/aromatic N) is 1. The monoisotopic (exact) mass is 393 g/mol. The first-order valence-corrected chi connectivity index (χ1v) is 10.2. The van der Waals surface area contributed by atoms with E-state index in [0.29, 0.717) is 6.54 Å². The molecule has 5 heteroatoms. The molecule has 0 radical (unpaired) electrons. The quantitative estimate of drug-likeness (QED) is 0.805. The maximum Gasteiger partial charge on any atom is 0.234 e. The molecule has 0 spiro atoms. The highest BCUT2D eigenvalue weighted by Crippen LogP contribution is 2.39. The molecule has 0 aromatic heterocycles. The fourth-order valence-corrected chi connectivity index (χ4v) is 4.73. The van der Waals surface area contributed by atoms with E-state index in [0.717, 1.165) is 26.1 Å². The third-order valence-electron chi connectivity index (χ3n) is 6.58. The molecule has 4 nitrogen and oxygen atoms in total. The summed E-state index contributed by atoms with van der Waals surface area (Å²) in [6.45, 7) is 7.46. The van der Waals surface area contributed by atoms with Crippen molar-refractivity contribution in [1.82, 2.24) is 10.2 Å². The summed E-state index contributed by atoms with van der Waals surface area (Å²) in [4.78, 5) is 14.9. The van der Waals surface area contributed by atoms with Gasteiger partial charge in [-0.15, -0.1) is 12.4 Å². The van der Waals surface area contributed by atoms with Crippen LogP contribution in [-0.4, -0.2) is 43.0 Å². The average molecular weight is 394 g/mol. The number of amides is 1. The lowest BCUT2D eigenvalue weighted by Crippen LogP contribution is -2.54. The minimum Gasteiger partial charge on any atom is -0.354 e. The SMILES string of the molecule is CC1(C)CN(CC(=O)NCC2(c3ccccc3)CCCCC2)CCC1N.Cl. The first kappa shape index (κ1) is 22.2. The average Bonchev–Trinajstić information content (AvgIpc) is 2.64. The van der Waals surface area contributed by atoms with Crippen LogP contribution in [0, 0.1) is 5.41 Å². The molecule has 1 aliphatic carbocycles. The number of hydrogen-bond donors (Lipinski definition) is 2. The van der Waals surface area contributed by atoms with E-state index in [1.54, 1.807) is 0 Å². The van der Waals surface area contributed by atoms with Gasteiger partial charge in [0.05, 0.1) is 6.54 Å². The predicted molar refractivity (Wildman–Crippen MR) is 114 cm³/mol. The van der Waals surface area contributed by atoms with Crippen LogP contribution in [0.15, 0.2) is 30.3 Å². The number of halogens is 1. The van der Waals surface area contributed by atoms with E-state index in [2.05, 4.69) is 54.4 Å². The maximum atomic E-state index is 12.6. The largest absolute Gasteiger partial charge is 0.354 e. The van der Waals surface area contributed by atoms with Gasteiger partial charge < -0.3 is 11.1 Å². The van der Waals surface area contributed by atoms with Crippen molar-refractivity contribution in [3.8, 4) is 0 Å². The van der Waals surface area contributed by atoms with Crippen LogP contribution in [0.5, 0.6) is 0 Å². The van der Waals surface area contributed by atoms with E-state index >= 15 is 0 Å². The summed E-state index contributed by atoms with van der Waals surface area (Å²) < 4.78 is 0. The molecule has 0 bridgehead atoms. The van der Waals surface area contributed by atoms with Crippen LogP contribution >= 0.6 is 12.4 Å². The van der Waals surface area contributed by atoms with Crippen LogP contribution in [0.1, 0.15) is 57.9 Å². The molecule has 1 amide bonds. The van der Waals surface area contributed by atoms with E-state index in [1.807, 2.05) is 0 Å². The topological polar surface area (TPSA) is 58.4 Å². The Bertz CT molecular complexity index is 599. The van der Waals surface area contributed by atoms with Gasteiger partial charge >= 0.3 is 0 Å². The fourth-order valence-electron chi connectivity index (χ4n) is 4.73. The Morgan fingerprint density at radius 2 is 1.85 bits per heavy atom. The molecule has 1 aromatic rings. The Kier molecular flexibility index (Phi) is 7.73. The summed E-state index contributed by atoms with van der Waals surface area (Å²) in [5.41, 5.74) is 7.78. The van der Waals surface area contributed by atoms with Crippen molar-refractivity contribution in [2.45, 2.75) is 63.8 Å². The van der Waals surface area contributed by atoms with Gasteiger partial charge in [0.15, 0.2) is 0 Å². The van der Waals surface area contributed by atoms with E-state index in [9.17, 15) is 4.79 Å². The summed E-state index contributed by atoms with van der Waals surface area (Å²) in [5.74, 6) is 0.150. The van der Waals surface area contributed by atoms with Gasteiger partial charge in [-0.2, -0.15) is 0 Å². The second-order valence-electron chi connectivity index (χ2n) is 9.08. The highest BCUT2D eigenvalue weighted by molar-refractivity contribution is 5.85. The zero-order valence-electron chi connectivity index (χ0n) is 16.9. The second-order valence-corrected chi connectivity index (χ2v) is 9.08. The van der Waals surface area contributed by atoms with E-state index < -0.39 is 0 Å². The summed E-state index contributed by atoms with van der Waals surface area (Å²) in [5, 5.41) is 3.27. The zero-order chi connectivity index (χ0) is 18.6. The Hall–Kier alpha value is -1.10. The molecule has 1 unspecified atom stereocenters. The van der Waals surface area contributed by atoms with Crippen LogP contribution in [0.3, 0.4) is 0 Å². The molecule has 1 aromatic carbocycles. The van der Waals surface area contributed by atoms with Crippen molar-refractivity contribution < 1.29 is 4.79 Å². The van der Waals surface area contributed by atoms with Gasteiger partial charge in [0.1, 0.15) is 0 Å². The molecule has 1 aliphatic heterocycles. The molecule has 2 fully saturated rings. The molecular weight excluding hydrogens is 358 g/mol. The standard InChI is InChI=1S/C22H35N3O.ClH/c1-21(2)17-25(14-11-19(21)23)15-20(26)24-16-22(12-7-4-8-13-22)18-9-5-3-6-10-18;/h3,5-6,9-10,19H,4,7-8,11-17,23H2,1-2H3,(H,24,26);1H. The van der Waals surface area contributed by atoms with Crippen LogP contribution in [0.2, 0.25) is 0 Å². The van der Waals surface area contributed by atoms with Crippen molar-refractivity contribution >= 4 is 18.3 Å². The number of benzene rings is 1. The smallest absolute Gasteiger partial charge is 0.234 e. The number of hydrogen-bond acceptors (Lipinski definition) is 3. The number of carbonyl (C=O) groups excluding carboxylic acids is 1. The third kappa shape index (κ3) is 5.46. The summed E-state index contributed by atoms with van der Waals surface area (Å²) in [6, 6.07) is 11.0. The minimum atomic E-state index is 0. The summed E-state index contributed by atoms with van der Waals surface area (Å²) in [6.07, 6.45) is 7.12.